The van der Waals surface area contributed by atoms with Gasteiger partial charge in [-0.2, -0.15) is 5.26 Å². The van der Waals surface area contributed by atoms with Crippen molar-refractivity contribution in [3.05, 3.63) is 77.7 Å². The molecular formula is C22H19N3O4S. The Hall–Kier alpha value is -3.70. The van der Waals surface area contributed by atoms with Crippen LogP contribution >= 0.6 is 11.8 Å². The smallest absolute Gasteiger partial charge is 0.291 e. The fourth-order valence-electron chi connectivity index (χ4n) is 2.44. The van der Waals surface area contributed by atoms with Crippen LogP contribution in [0.2, 0.25) is 0 Å². The number of rotatable bonds is 6. The van der Waals surface area contributed by atoms with Crippen LogP contribution in [0.25, 0.3) is 0 Å². The predicted octanol–water partition coefficient (Wildman–Crippen LogP) is 4.76. The molecular weight excluding hydrogens is 402 g/mol. The van der Waals surface area contributed by atoms with Gasteiger partial charge in [0.25, 0.3) is 11.1 Å². The summed E-state index contributed by atoms with van der Waals surface area (Å²) in [6, 6.07) is 19.2. The maximum Gasteiger partial charge on any atom is 0.291 e. The summed E-state index contributed by atoms with van der Waals surface area (Å²) in [7, 11) is 3.33. The minimum absolute atomic E-state index is 0.0791. The van der Waals surface area contributed by atoms with Crippen molar-refractivity contribution in [2.75, 3.05) is 19.4 Å². The summed E-state index contributed by atoms with van der Waals surface area (Å²) >= 11 is 1.03. The molecule has 1 aromatic heterocycles. The average molecular weight is 421 g/mol. The second-order valence-corrected chi connectivity index (χ2v) is 7.37. The monoisotopic (exact) mass is 421 g/mol. The Morgan fingerprint density at radius 1 is 1.10 bits per heavy atom. The molecule has 0 saturated carbocycles. The molecule has 0 bridgehead atoms. The Kier molecular flexibility index (Phi) is 6.78. The second-order valence-electron chi connectivity index (χ2n) is 6.38. The maximum atomic E-state index is 12.6. The molecule has 0 radical (unpaired) electrons. The van der Waals surface area contributed by atoms with Crippen LogP contribution in [0.3, 0.4) is 0 Å². The summed E-state index contributed by atoms with van der Waals surface area (Å²) in [6.07, 6.45) is 0. The third-order valence-corrected chi connectivity index (χ3v) is 5.08. The van der Waals surface area contributed by atoms with Gasteiger partial charge in [-0.25, -0.2) is 0 Å². The van der Waals surface area contributed by atoms with E-state index in [2.05, 4.69) is 11.4 Å². The van der Waals surface area contributed by atoms with Crippen LogP contribution in [0, 0.1) is 11.3 Å². The van der Waals surface area contributed by atoms with Gasteiger partial charge in [-0.3, -0.25) is 9.59 Å². The van der Waals surface area contributed by atoms with E-state index in [0.29, 0.717) is 27.7 Å². The molecule has 8 heteroatoms. The number of thioether (sulfide) groups is 1. The number of carbonyl (C=O) groups excluding carboxylic acids is 2. The average Bonchev–Trinajstić information content (AvgIpc) is 3.23. The fraction of sp³-hybridized carbons (Fsp3) is 0.136. The Morgan fingerprint density at radius 2 is 1.83 bits per heavy atom. The maximum absolute atomic E-state index is 12.6. The zero-order chi connectivity index (χ0) is 21.5. The summed E-state index contributed by atoms with van der Waals surface area (Å²) < 4.78 is 11.2. The molecule has 0 aliphatic rings. The number of amides is 2. The summed E-state index contributed by atoms with van der Waals surface area (Å²) in [5.74, 6) is 0.558. The molecule has 1 N–H and O–H groups in total. The van der Waals surface area contributed by atoms with Crippen molar-refractivity contribution in [1.29, 1.82) is 5.26 Å². The lowest BCUT2D eigenvalue weighted by Crippen LogP contribution is -2.17. The number of ether oxygens (including phenoxy) is 1. The van der Waals surface area contributed by atoms with Gasteiger partial charge in [0, 0.05) is 19.0 Å². The minimum Gasteiger partial charge on any atom is -0.484 e. The number of benzene rings is 2. The third-order valence-electron chi connectivity index (χ3n) is 3.96. The Morgan fingerprint density at radius 3 is 2.60 bits per heavy atom. The van der Waals surface area contributed by atoms with Gasteiger partial charge >= 0.3 is 0 Å². The van der Waals surface area contributed by atoms with E-state index in [1.807, 2.05) is 0 Å². The highest BCUT2D eigenvalue weighted by Gasteiger charge is 2.16. The summed E-state index contributed by atoms with van der Waals surface area (Å²) in [5.41, 5.74) is 0.934. The topological polar surface area (TPSA) is 95.6 Å². The predicted molar refractivity (Wildman–Crippen MR) is 114 cm³/mol. The van der Waals surface area contributed by atoms with Crippen LogP contribution in [-0.2, 0) is 6.61 Å². The van der Waals surface area contributed by atoms with Gasteiger partial charge in [-0.15, -0.1) is 0 Å². The van der Waals surface area contributed by atoms with Gasteiger partial charge in [-0.05, 0) is 48.2 Å². The first-order valence-electron chi connectivity index (χ1n) is 8.98. The van der Waals surface area contributed by atoms with Gasteiger partial charge in [0.1, 0.15) is 24.2 Å². The molecule has 3 rings (SSSR count). The van der Waals surface area contributed by atoms with Gasteiger partial charge in [-0.1, -0.05) is 24.3 Å². The summed E-state index contributed by atoms with van der Waals surface area (Å²) in [5, 5.41) is 11.7. The normalized spacial score (nSPS) is 10.2. The molecule has 0 saturated heterocycles. The van der Waals surface area contributed by atoms with Crippen molar-refractivity contribution in [1.82, 2.24) is 4.90 Å². The molecule has 152 valence electrons. The molecule has 0 fully saturated rings. The second kappa shape index (κ2) is 9.67. The van der Waals surface area contributed by atoms with Gasteiger partial charge in [0.2, 0.25) is 0 Å². The zero-order valence-electron chi connectivity index (χ0n) is 16.4. The third kappa shape index (κ3) is 5.21. The van der Waals surface area contributed by atoms with Gasteiger partial charge in [0.15, 0.2) is 5.76 Å². The summed E-state index contributed by atoms with van der Waals surface area (Å²) in [4.78, 5) is 26.7. The Labute approximate surface area is 178 Å². The van der Waals surface area contributed by atoms with E-state index in [1.54, 1.807) is 74.8 Å². The number of nitriles is 1. The quantitative estimate of drug-likeness (QED) is 0.577. The van der Waals surface area contributed by atoms with Crippen molar-refractivity contribution in [3.63, 3.8) is 0 Å². The number of carbonyl (C=O) groups is 2. The standard InChI is InChI=1S/C22H19N3O4S/c1-25(2)22(27)30-20-10-6-4-8-17(20)24-21(26)19-12-11-16(29-19)14-28-18-9-5-3-7-15(18)13-23/h3-12H,14H2,1-2H3,(H,24,26). The molecule has 1 heterocycles. The molecule has 0 atom stereocenters. The SMILES string of the molecule is CN(C)C(=O)Sc1ccccc1NC(=O)c1ccc(COc2ccccc2C#N)o1. The van der Waals surface area contributed by atoms with Crippen LogP contribution in [0.15, 0.2) is 70.0 Å². The zero-order valence-corrected chi connectivity index (χ0v) is 17.2. The van der Waals surface area contributed by atoms with E-state index in [-0.39, 0.29) is 17.6 Å². The molecule has 2 amide bonds. The first kappa shape index (κ1) is 21.0. The number of furan rings is 1. The van der Waals surface area contributed by atoms with Crippen molar-refractivity contribution < 1.29 is 18.7 Å². The highest BCUT2D eigenvalue weighted by Crippen LogP contribution is 2.29. The van der Waals surface area contributed by atoms with Crippen LogP contribution in [0.4, 0.5) is 10.5 Å². The highest BCUT2D eigenvalue weighted by molar-refractivity contribution is 8.13. The lowest BCUT2D eigenvalue weighted by molar-refractivity contribution is 0.0992. The highest BCUT2D eigenvalue weighted by atomic mass is 32.2. The summed E-state index contributed by atoms with van der Waals surface area (Å²) in [6.45, 7) is 0.0791. The molecule has 0 unspecified atom stereocenters. The number of hydrogen-bond acceptors (Lipinski definition) is 6. The van der Waals surface area contributed by atoms with E-state index in [9.17, 15) is 9.59 Å². The Balaban J connectivity index is 1.66. The van der Waals surface area contributed by atoms with Crippen molar-refractivity contribution in [3.8, 4) is 11.8 Å². The van der Waals surface area contributed by atoms with Crippen LogP contribution in [0.1, 0.15) is 21.9 Å². The van der Waals surface area contributed by atoms with Gasteiger partial charge in [0.05, 0.1) is 11.3 Å². The number of para-hydroxylation sites is 2. The minimum atomic E-state index is -0.441. The van der Waals surface area contributed by atoms with E-state index < -0.39 is 5.91 Å². The first-order chi connectivity index (χ1) is 14.5. The van der Waals surface area contributed by atoms with E-state index >= 15 is 0 Å². The van der Waals surface area contributed by atoms with E-state index in [1.165, 1.54) is 4.90 Å². The molecule has 0 aliphatic carbocycles. The largest absolute Gasteiger partial charge is 0.484 e. The molecule has 0 aliphatic heterocycles. The van der Waals surface area contributed by atoms with Crippen molar-refractivity contribution in [2.24, 2.45) is 0 Å². The van der Waals surface area contributed by atoms with E-state index in [0.717, 1.165) is 11.8 Å². The molecule has 3 aromatic rings. The first-order valence-corrected chi connectivity index (χ1v) is 9.79. The van der Waals surface area contributed by atoms with Gasteiger partial charge < -0.3 is 19.4 Å². The molecule has 0 spiro atoms. The van der Waals surface area contributed by atoms with E-state index in [4.69, 9.17) is 14.4 Å². The lowest BCUT2D eigenvalue weighted by atomic mass is 10.2. The Bertz CT molecular complexity index is 1100. The van der Waals surface area contributed by atoms with Crippen molar-refractivity contribution >= 4 is 28.6 Å². The number of nitrogens with one attached hydrogen (secondary N) is 1. The van der Waals surface area contributed by atoms with Crippen LogP contribution in [-0.4, -0.2) is 30.1 Å². The van der Waals surface area contributed by atoms with Crippen LogP contribution in [0.5, 0.6) is 5.75 Å². The van der Waals surface area contributed by atoms with Crippen molar-refractivity contribution in [2.45, 2.75) is 11.5 Å². The number of hydrogen-bond donors (Lipinski definition) is 1. The fourth-order valence-corrected chi connectivity index (χ4v) is 3.19. The molecule has 2 aromatic carbocycles. The molecule has 30 heavy (non-hydrogen) atoms. The van der Waals surface area contributed by atoms with Crippen LogP contribution < -0.4 is 10.1 Å². The number of nitrogens with zero attached hydrogens (tertiary/aromatic N) is 2. The lowest BCUT2D eigenvalue weighted by Gasteiger charge is -2.12. The molecule has 7 nitrogen and oxygen atoms in total. The number of anilines is 1.